The third-order valence-corrected chi connectivity index (χ3v) is 12.0. The zero-order chi connectivity index (χ0) is 46.4. The highest BCUT2D eigenvalue weighted by Gasteiger charge is 2.65. The van der Waals surface area contributed by atoms with Crippen molar-refractivity contribution in [3.63, 3.8) is 0 Å². The van der Waals surface area contributed by atoms with Crippen LogP contribution in [0.3, 0.4) is 0 Å². The summed E-state index contributed by atoms with van der Waals surface area (Å²) < 4.78 is 46.5. The Bertz CT molecular complexity index is 2090. The number of rotatable bonds is 22. The Kier molecular flexibility index (Phi) is 17.6. The largest absolute Gasteiger partial charge is 0.459 e. The monoisotopic (exact) mass is 899 g/mol. The second kappa shape index (κ2) is 23.3. The lowest BCUT2D eigenvalue weighted by Gasteiger charge is -2.60. The van der Waals surface area contributed by atoms with Gasteiger partial charge in [-0.15, -0.1) is 6.58 Å². The Labute approximate surface area is 382 Å². The van der Waals surface area contributed by atoms with Gasteiger partial charge in [0.2, 0.25) is 5.79 Å². The first-order chi connectivity index (χ1) is 31.4. The molecule has 1 heterocycles. The number of amides is 2. The molecule has 2 amide bonds. The average molecular weight is 900 g/mol. The molecule has 3 aromatic rings. The number of unbranched alkanes of at least 4 members (excludes halogenated alkanes) is 2. The Hall–Kier alpha value is -5.28. The molecule has 1 saturated carbocycles. The van der Waals surface area contributed by atoms with Gasteiger partial charge in [0.15, 0.2) is 0 Å². The Morgan fingerprint density at radius 2 is 1.72 bits per heavy atom. The van der Waals surface area contributed by atoms with Crippen LogP contribution in [0.25, 0.3) is 0 Å². The first kappa shape index (κ1) is 49.2. The van der Waals surface area contributed by atoms with Crippen molar-refractivity contribution in [3.8, 4) is 11.5 Å². The number of allylic oxidation sites excluding steroid dienone is 1. The highest BCUT2D eigenvalue weighted by Crippen LogP contribution is 2.62. The Morgan fingerprint density at radius 3 is 2.42 bits per heavy atom. The quantitative estimate of drug-likeness (QED) is 0.0505. The molecule has 13 nitrogen and oxygen atoms in total. The lowest BCUT2D eigenvalue weighted by atomic mass is 9.55. The number of carbonyl (C=O) groups is 2. The summed E-state index contributed by atoms with van der Waals surface area (Å²) in [6.45, 7) is 12.5. The molecule has 6 atom stereocenters. The van der Waals surface area contributed by atoms with Crippen LogP contribution in [0.15, 0.2) is 102 Å². The number of aliphatic hydroxyl groups excluding tert-OH is 2. The highest BCUT2D eigenvalue weighted by molar-refractivity contribution is 6.03. The molecule has 352 valence electrons. The molecule has 0 spiro atoms. The van der Waals surface area contributed by atoms with Crippen LogP contribution in [-0.4, -0.2) is 90.0 Å². The van der Waals surface area contributed by atoms with Gasteiger partial charge in [0, 0.05) is 44.2 Å². The lowest BCUT2D eigenvalue weighted by Crippen LogP contribution is -2.70. The van der Waals surface area contributed by atoms with Crippen molar-refractivity contribution in [2.24, 2.45) is 22.9 Å². The van der Waals surface area contributed by atoms with Crippen molar-refractivity contribution < 1.29 is 52.7 Å². The van der Waals surface area contributed by atoms with E-state index in [0.717, 1.165) is 36.0 Å². The van der Waals surface area contributed by atoms with Crippen LogP contribution in [0, 0.1) is 23.6 Å². The van der Waals surface area contributed by atoms with Crippen molar-refractivity contribution in [2.45, 2.75) is 109 Å². The van der Waals surface area contributed by atoms with Gasteiger partial charge in [-0.05, 0) is 112 Å². The number of nitrogens with zero attached hydrogens (tertiary/aromatic N) is 2. The van der Waals surface area contributed by atoms with Crippen LogP contribution in [0.4, 0.5) is 14.0 Å². The molecule has 0 aromatic heterocycles. The van der Waals surface area contributed by atoms with E-state index in [-0.39, 0.29) is 63.8 Å². The fraction of sp³-hybridized carbons (Fsp3) is 0.510. The van der Waals surface area contributed by atoms with E-state index < -0.39 is 41.4 Å². The summed E-state index contributed by atoms with van der Waals surface area (Å²) in [7, 11) is 0. The van der Waals surface area contributed by atoms with E-state index >= 15 is 0 Å². The average Bonchev–Trinajstić information content (AvgIpc) is 3.28. The topological polar surface area (TPSA) is 158 Å². The molecule has 65 heavy (non-hydrogen) atoms. The minimum atomic E-state index is -1.59. The van der Waals surface area contributed by atoms with E-state index in [4.69, 9.17) is 33.7 Å². The first-order valence-corrected chi connectivity index (χ1v) is 22.9. The molecule has 0 bridgehead atoms. The summed E-state index contributed by atoms with van der Waals surface area (Å²) in [6, 6.07) is 20.1. The minimum absolute atomic E-state index is 0.00303. The molecule has 6 rings (SSSR count). The fourth-order valence-corrected chi connectivity index (χ4v) is 9.31. The molecule has 0 saturated heterocycles. The standard InChI is InChI=1S/C51H66FN3O10/c1-6-27-62-51-45(55(33-35-19-21-38(52)22-20-35)49(59)61-29-28-60-34-36-15-9-8-10-16-36)32-43(54-65-50(3,4)5)41-30-37(17-11-13-25-56)40(18-12-14-26-57)46(47(41)51)42-31-39(23-24-44(42)64-51)63-48(58)53-7-2/h6,8-10,15-16,19-24,30-31,37,40,45-47,56-57H,1,7,11-14,17-18,25-29,32-34H2,2-5H3,(H,53,58)/t37-,40+,45-,46+,47+,51+/m0/s1. The number of benzene rings is 3. The number of halogens is 1. The zero-order valence-electron chi connectivity index (χ0n) is 38.2. The number of oxime groups is 1. The number of aliphatic hydroxyl groups is 2. The molecule has 1 aliphatic heterocycles. The molecule has 2 aliphatic carbocycles. The van der Waals surface area contributed by atoms with Gasteiger partial charge in [0.05, 0.1) is 31.5 Å². The van der Waals surface area contributed by atoms with E-state index in [1.165, 1.54) is 12.1 Å². The maximum Gasteiger partial charge on any atom is 0.412 e. The van der Waals surface area contributed by atoms with Crippen LogP contribution in [0.5, 0.6) is 11.5 Å². The van der Waals surface area contributed by atoms with E-state index in [2.05, 4.69) is 18.0 Å². The van der Waals surface area contributed by atoms with Crippen molar-refractivity contribution in [2.75, 3.05) is 39.6 Å². The Morgan fingerprint density at radius 1 is 0.985 bits per heavy atom. The molecule has 3 aliphatic rings. The van der Waals surface area contributed by atoms with E-state index in [0.29, 0.717) is 55.2 Å². The number of hydrogen-bond donors (Lipinski definition) is 3. The van der Waals surface area contributed by atoms with E-state index in [1.54, 1.807) is 35.2 Å². The molecular formula is C51H66FN3O10. The van der Waals surface area contributed by atoms with Gasteiger partial charge in [0.1, 0.15) is 35.6 Å². The van der Waals surface area contributed by atoms with E-state index in [9.17, 15) is 24.2 Å². The van der Waals surface area contributed by atoms with Crippen LogP contribution in [0.2, 0.25) is 0 Å². The highest BCUT2D eigenvalue weighted by atomic mass is 19.1. The van der Waals surface area contributed by atoms with Gasteiger partial charge in [-0.1, -0.05) is 72.6 Å². The van der Waals surface area contributed by atoms with Gasteiger partial charge < -0.3 is 44.1 Å². The number of nitrogens with one attached hydrogen (secondary N) is 1. The first-order valence-electron chi connectivity index (χ1n) is 22.9. The number of ether oxygens (including phenoxy) is 5. The Balaban J connectivity index is 1.53. The van der Waals surface area contributed by atoms with Crippen molar-refractivity contribution >= 4 is 17.9 Å². The number of hydrogen-bond acceptors (Lipinski definition) is 11. The summed E-state index contributed by atoms with van der Waals surface area (Å²) in [6.07, 6.45) is 6.95. The van der Waals surface area contributed by atoms with Gasteiger partial charge in [-0.3, -0.25) is 4.90 Å². The van der Waals surface area contributed by atoms with Gasteiger partial charge in [-0.25, -0.2) is 14.0 Å². The lowest BCUT2D eigenvalue weighted by molar-refractivity contribution is -0.256. The van der Waals surface area contributed by atoms with Crippen molar-refractivity contribution in [3.05, 3.63) is 120 Å². The molecule has 14 heteroatoms. The molecule has 3 aromatic carbocycles. The second-order valence-corrected chi connectivity index (χ2v) is 17.8. The van der Waals surface area contributed by atoms with Crippen molar-refractivity contribution in [1.29, 1.82) is 0 Å². The van der Waals surface area contributed by atoms with Crippen LogP contribution < -0.4 is 14.8 Å². The normalized spacial score (nSPS) is 22.7. The van der Waals surface area contributed by atoms with Gasteiger partial charge in [-0.2, -0.15) is 0 Å². The predicted octanol–water partition coefficient (Wildman–Crippen LogP) is 9.22. The number of carbonyl (C=O) groups excluding carboxylic acids is 2. The van der Waals surface area contributed by atoms with Crippen LogP contribution in [0.1, 0.15) is 95.2 Å². The minimum Gasteiger partial charge on any atom is -0.459 e. The van der Waals surface area contributed by atoms with Crippen molar-refractivity contribution in [1.82, 2.24) is 10.2 Å². The zero-order valence-corrected chi connectivity index (χ0v) is 38.2. The summed E-state index contributed by atoms with van der Waals surface area (Å²) in [5.41, 5.74) is 3.19. The second-order valence-electron chi connectivity index (χ2n) is 17.8. The molecule has 1 fully saturated rings. The summed E-state index contributed by atoms with van der Waals surface area (Å²) in [4.78, 5) is 35.5. The molecule has 0 radical (unpaired) electrons. The maximum atomic E-state index is 14.9. The smallest absolute Gasteiger partial charge is 0.412 e. The number of fused-ring (bicyclic) bond motifs is 2. The van der Waals surface area contributed by atoms with Gasteiger partial charge in [0.25, 0.3) is 0 Å². The summed E-state index contributed by atoms with van der Waals surface area (Å²) >= 11 is 0. The van der Waals surface area contributed by atoms with Crippen LogP contribution >= 0.6 is 0 Å². The summed E-state index contributed by atoms with van der Waals surface area (Å²) in [5, 5.41) is 27.5. The maximum absolute atomic E-state index is 14.9. The fourth-order valence-electron chi connectivity index (χ4n) is 9.31. The molecule has 0 unspecified atom stereocenters. The van der Waals surface area contributed by atoms with Gasteiger partial charge >= 0.3 is 12.2 Å². The van der Waals surface area contributed by atoms with E-state index in [1.807, 2.05) is 64.1 Å². The molecule has 3 N–H and O–H groups in total. The third-order valence-electron chi connectivity index (χ3n) is 12.0. The SMILES string of the molecule is C=CCO[C@@]12Oc3ccc(OC(=O)NCC)cc3[C@H]3[C@H](CCCCO)[C@@H](CCCCO)C=C(C(=NOC(C)(C)C)C[C@@H]1N(Cc1ccc(F)cc1)C(=O)OCCOCc1ccccc1)[C@H]32. The summed E-state index contributed by atoms with van der Waals surface area (Å²) in [5.74, 6) is -2.26. The predicted molar refractivity (Wildman–Crippen MR) is 245 cm³/mol. The third kappa shape index (κ3) is 12.5. The van der Waals surface area contributed by atoms with Crippen LogP contribution in [-0.2, 0) is 32.2 Å². The molecular weight excluding hydrogens is 834 g/mol.